The molecule has 0 saturated heterocycles. The molecule has 0 fully saturated rings. The summed E-state index contributed by atoms with van der Waals surface area (Å²) in [4.78, 5) is 25.6. The van der Waals surface area contributed by atoms with Gasteiger partial charge in [0.2, 0.25) is 0 Å². The summed E-state index contributed by atoms with van der Waals surface area (Å²) < 4.78 is 32.4. The number of nitro groups is 1. The fourth-order valence-electron chi connectivity index (χ4n) is 4.28. The van der Waals surface area contributed by atoms with Crippen molar-refractivity contribution in [2.75, 3.05) is 33.0 Å². The van der Waals surface area contributed by atoms with Crippen molar-refractivity contribution in [3.05, 3.63) is 62.2 Å². The number of carbonyl (C=O) groups is 1. The zero-order valence-corrected chi connectivity index (χ0v) is 24.3. The van der Waals surface area contributed by atoms with Crippen LogP contribution in [0.15, 0.2) is 46.5 Å². The Hall–Kier alpha value is -2.52. The van der Waals surface area contributed by atoms with Gasteiger partial charge in [-0.15, -0.1) is 0 Å². The zero-order valence-electron chi connectivity index (χ0n) is 23.4. The van der Waals surface area contributed by atoms with Gasteiger partial charge < -0.3 is 23.8 Å². The van der Waals surface area contributed by atoms with Crippen molar-refractivity contribution in [2.24, 2.45) is 11.8 Å². The molecule has 0 spiro atoms. The van der Waals surface area contributed by atoms with Crippen molar-refractivity contribution in [3.63, 3.8) is 0 Å². The van der Waals surface area contributed by atoms with Gasteiger partial charge in [-0.25, -0.2) is 4.79 Å². The average molecular weight is 553 g/mol. The van der Waals surface area contributed by atoms with E-state index >= 15 is 0 Å². The molecule has 2 rings (SSSR count). The molecule has 0 aliphatic carbocycles. The molecule has 1 N–H and O–H groups in total. The first-order valence-electron chi connectivity index (χ1n) is 13.0. The first-order valence-corrected chi connectivity index (χ1v) is 14.5. The van der Waals surface area contributed by atoms with E-state index in [1.165, 1.54) is 18.2 Å². The fourth-order valence-corrected chi connectivity index (χ4v) is 6.73. The number of allylic oxidation sites excluding steroid dienone is 3. The second-order valence-electron chi connectivity index (χ2n) is 10.2. The van der Waals surface area contributed by atoms with Crippen LogP contribution < -0.4 is 0 Å². The van der Waals surface area contributed by atoms with Crippen LogP contribution in [0.4, 0.5) is 5.69 Å². The van der Waals surface area contributed by atoms with Crippen molar-refractivity contribution in [1.82, 2.24) is 4.90 Å². The van der Waals surface area contributed by atoms with Crippen molar-refractivity contribution in [2.45, 2.75) is 60.8 Å². The average Bonchev–Trinajstić information content (AvgIpc) is 2.85. The van der Waals surface area contributed by atoms with Gasteiger partial charge in [-0.3, -0.25) is 14.7 Å². The van der Waals surface area contributed by atoms with E-state index in [9.17, 15) is 24.6 Å². The summed E-state index contributed by atoms with van der Waals surface area (Å²) in [6.07, 6.45) is 0.839. The van der Waals surface area contributed by atoms with Gasteiger partial charge in [-0.05, 0) is 37.7 Å². The van der Waals surface area contributed by atoms with Gasteiger partial charge in [0.05, 0.1) is 41.5 Å². The number of hydrogen-bond donors (Lipinski definition) is 1. The number of aliphatic carboxylic acids is 1. The van der Waals surface area contributed by atoms with Crippen LogP contribution >= 0.6 is 7.60 Å². The summed E-state index contributed by atoms with van der Waals surface area (Å²) >= 11 is 0. The third-order valence-electron chi connectivity index (χ3n) is 6.04. The Bertz CT molecular complexity index is 1100. The van der Waals surface area contributed by atoms with Crippen LogP contribution in [0.2, 0.25) is 0 Å². The standard InChI is InChI=1S/C27H41N2O8P/c1-8-13-35-14-12-28-20(6)24(27(30)31)25(22-10-9-11-23(15-22)29(32)33)26(21(28)7)38(34,36-16-18(2)3)37-17-19(4)5/h9-11,15,18-19,25H,8,12-14,16-17H2,1-7H3,(H,30,31). The number of carboxylic acid groups (broad SMARTS) is 1. The van der Waals surface area contributed by atoms with Gasteiger partial charge in [-0.2, -0.15) is 0 Å². The van der Waals surface area contributed by atoms with Gasteiger partial charge in [0.1, 0.15) is 0 Å². The molecule has 1 unspecified atom stereocenters. The van der Waals surface area contributed by atoms with Crippen LogP contribution in [0.3, 0.4) is 0 Å². The molecule has 0 aromatic heterocycles. The molecule has 38 heavy (non-hydrogen) atoms. The molecule has 1 atom stereocenters. The van der Waals surface area contributed by atoms with Crippen LogP contribution in [0.1, 0.15) is 66.4 Å². The van der Waals surface area contributed by atoms with Crippen molar-refractivity contribution in [3.8, 4) is 0 Å². The van der Waals surface area contributed by atoms with Crippen LogP contribution in [0.5, 0.6) is 0 Å². The number of ether oxygens (including phenoxy) is 1. The highest BCUT2D eigenvalue weighted by molar-refractivity contribution is 7.58. The monoisotopic (exact) mass is 552 g/mol. The molecule has 1 aromatic rings. The van der Waals surface area contributed by atoms with E-state index in [0.29, 0.717) is 36.7 Å². The summed E-state index contributed by atoms with van der Waals surface area (Å²) in [6.45, 7) is 14.5. The van der Waals surface area contributed by atoms with Gasteiger partial charge in [0.25, 0.3) is 5.69 Å². The number of benzene rings is 1. The van der Waals surface area contributed by atoms with E-state index in [4.69, 9.17) is 13.8 Å². The molecule has 10 nitrogen and oxygen atoms in total. The number of nitro benzene ring substituents is 1. The Balaban J connectivity index is 2.83. The first-order chi connectivity index (χ1) is 17.8. The molecule has 11 heteroatoms. The lowest BCUT2D eigenvalue weighted by molar-refractivity contribution is -0.384. The molecular weight excluding hydrogens is 511 g/mol. The predicted molar refractivity (Wildman–Crippen MR) is 146 cm³/mol. The van der Waals surface area contributed by atoms with Crippen LogP contribution in [-0.4, -0.2) is 53.9 Å². The zero-order chi connectivity index (χ0) is 28.6. The molecule has 1 aromatic carbocycles. The highest BCUT2D eigenvalue weighted by Crippen LogP contribution is 2.65. The van der Waals surface area contributed by atoms with Crippen LogP contribution in [0.25, 0.3) is 0 Å². The largest absolute Gasteiger partial charge is 0.478 e. The molecule has 0 amide bonds. The molecule has 0 saturated carbocycles. The Kier molecular flexibility index (Phi) is 11.7. The van der Waals surface area contributed by atoms with E-state index in [2.05, 4.69) is 0 Å². The number of hydrogen-bond acceptors (Lipinski definition) is 8. The lowest BCUT2D eigenvalue weighted by Gasteiger charge is -2.40. The third-order valence-corrected chi connectivity index (χ3v) is 8.19. The minimum atomic E-state index is -4.08. The Morgan fingerprint density at radius 2 is 1.71 bits per heavy atom. The third kappa shape index (κ3) is 7.76. The molecule has 212 valence electrons. The van der Waals surface area contributed by atoms with Crippen LogP contribution in [-0.2, 0) is 23.1 Å². The topological polar surface area (TPSA) is 128 Å². The number of nitrogens with zero attached hydrogens (tertiary/aromatic N) is 2. The quantitative estimate of drug-likeness (QED) is 0.111. The Morgan fingerprint density at radius 1 is 1.11 bits per heavy atom. The molecule has 1 aliphatic heterocycles. The van der Waals surface area contributed by atoms with Crippen molar-refractivity contribution < 1.29 is 33.2 Å². The molecular formula is C27H41N2O8P. The van der Waals surface area contributed by atoms with E-state index < -0.39 is 24.4 Å². The normalized spacial score (nSPS) is 16.7. The summed E-state index contributed by atoms with van der Waals surface area (Å²) in [7, 11) is -4.08. The molecule has 1 heterocycles. The van der Waals surface area contributed by atoms with E-state index in [1.807, 2.05) is 34.6 Å². The van der Waals surface area contributed by atoms with Gasteiger partial charge in [0.15, 0.2) is 0 Å². The van der Waals surface area contributed by atoms with E-state index in [1.54, 1.807) is 24.8 Å². The van der Waals surface area contributed by atoms with Gasteiger partial charge >= 0.3 is 13.6 Å². The molecule has 0 radical (unpaired) electrons. The van der Waals surface area contributed by atoms with E-state index in [0.717, 1.165) is 6.42 Å². The van der Waals surface area contributed by atoms with Crippen molar-refractivity contribution >= 4 is 19.3 Å². The number of carboxylic acids is 1. The smallest absolute Gasteiger partial charge is 0.360 e. The predicted octanol–water partition coefficient (Wildman–Crippen LogP) is 6.55. The van der Waals surface area contributed by atoms with Crippen LogP contribution in [0, 0.1) is 22.0 Å². The second kappa shape index (κ2) is 14.0. The lowest BCUT2D eigenvalue weighted by Crippen LogP contribution is -2.34. The molecule has 1 aliphatic rings. The first kappa shape index (κ1) is 31.7. The number of non-ortho nitro benzene ring substituents is 1. The summed E-state index contributed by atoms with van der Waals surface area (Å²) in [5.41, 5.74) is 1.06. The molecule has 0 bridgehead atoms. The fraction of sp³-hybridized carbons (Fsp3) is 0.593. The van der Waals surface area contributed by atoms with Gasteiger partial charge in [0, 0.05) is 36.7 Å². The highest BCUT2D eigenvalue weighted by atomic mass is 31.2. The van der Waals surface area contributed by atoms with Crippen molar-refractivity contribution in [1.29, 1.82) is 0 Å². The SMILES string of the molecule is CCCOCCN1C(C)=C(C(=O)O)C(c2cccc([N+](=O)[O-])c2)C(P(=O)(OCC(C)C)OCC(C)C)=C1C. The Morgan fingerprint density at radius 3 is 2.21 bits per heavy atom. The minimum Gasteiger partial charge on any atom is -0.478 e. The highest BCUT2D eigenvalue weighted by Gasteiger charge is 2.46. The maximum atomic E-state index is 14.7. The summed E-state index contributed by atoms with van der Waals surface area (Å²) in [5.74, 6) is -2.24. The van der Waals surface area contributed by atoms with E-state index in [-0.39, 0.29) is 41.6 Å². The lowest BCUT2D eigenvalue weighted by atomic mass is 9.85. The summed E-state index contributed by atoms with van der Waals surface area (Å²) in [6, 6.07) is 5.76. The second-order valence-corrected chi connectivity index (χ2v) is 12.2. The van der Waals surface area contributed by atoms with Gasteiger partial charge in [-0.1, -0.05) is 46.8 Å². The maximum Gasteiger partial charge on any atom is 0.360 e. The minimum absolute atomic E-state index is 0.0292. The summed E-state index contributed by atoms with van der Waals surface area (Å²) in [5, 5.41) is 22.2. The number of rotatable bonds is 15. The Labute approximate surface area is 225 Å². The maximum absolute atomic E-state index is 14.7.